The second kappa shape index (κ2) is 8.57. The number of benzene rings is 2. The highest BCUT2D eigenvalue weighted by molar-refractivity contribution is 7.98. The molecule has 0 radical (unpaired) electrons. The van der Waals surface area contributed by atoms with E-state index >= 15 is 0 Å². The third-order valence-electron chi connectivity index (χ3n) is 5.83. The minimum absolute atomic E-state index is 0.689. The lowest BCUT2D eigenvalue weighted by molar-refractivity contribution is 0.328. The van der Waals surface area contributed by atoms with E-state index in [2.05, 4.69) is 54.2 Å². The van der Waals surface area contributed by atoms with Crippen LogP contribution in [0.25, 0.3) is 21.9 Å². The van der Waals surface area contributed by atoms with E-state index in [4.69, 9.17) is 4.42 Å². The van der Waals surface area contributed by atoms with Crippen molar-refractivity contribution in [3.8, 4) is 0 Å². The number of hydrogen-bond donors (Lipinski definition) is 2. The fourth-order valence-corrected chi connectivity index (χ4v) is 4.71. The Hall–Kier alpha value is -1.65. The average molecular weight is 383 g/mol. The molecule has 1 atom stereocenters. The molecule has 27 heavy (non-hydrogen) atoms. The maximum atomic E-state index is 5.92. The molecule has 144 valence electrons. The monoisotopic (exact) mass is 382 g/mol. The van der Waals surface area contributed by atoms with E-state index in [1.807, 2.05) is 24.1 Å². The topological polar surface area (TPSA) is 37.2 Å². The first-order valence-corrected chi connectivity index (χ1v) is 11.2. The molecule has 4 rings (SSSR count). The molecule has 0 spiro atoms. The largest absolute Gasteiger partial charge is 0.456 e. The summed E-state index contributed by atoms with van der Waals surface area (Å²) in [5.41, 5.74) is 3.12. The number of anilines is 1. The Balaban J connectivity index is 1.31. The first kappa shape index (κ1) is 18.7. The SMILES string of the molecule is CCC(C)SNC1CCC(CNc2ccc3oc4ccccc4c3c2)CC1. The van der Waals surface area contributed by atoms with Crippen LogP contribution < -0.4 is 10.0 Å². The Morgan fingerprint density at radius 3 is 2.63 bits per heavy atom. The lowest BCUT2D eigenvalue weighted by Gasteiger charge is -2.29. The van der Waals surface area contributed by atoms with Crippen LogP contribution in [-0.4, -0.2) is 17.8 Å². The minimum atomic E-state index is 0.689. The number of para-hydroxylation sites is 1. The van der Waals surface area contributed by atoms with Gasteiger partial charge in [0.1, 0.15) is 11.2 Å². The lowest BCUT2D eigenvalue weighted by atomic mass is 9.86. The summed E-state index contributed by atoms with van der Waals surface area (Å²) in [4.78, 5) is 0. The molecule has 2 aromatic carbocycles. The van der Waals surface area contributed by atoms with Crippen molar-refractivity contribution in [1.82, 2.24) is 4.72 Å². The Labute approximate surface area is 166 Å². The van der Waals surface area contributed by atoms with Gasteiger partial charge in [0.25, 0.3) is 0 Å². The van der Waals surface area contributed by atoms with Crippen LogP contribution >= 0.6 is 11.9 Å². The Bertz CT molecular complexity index is 882. The summed E-state index contributed by atoms with van der Waals surface area (Å²) in [6.45, 7) is 5.62. The van der Waals surface area contributed by atoms with Gasteiger partial charge >= 0.3 is 0 Å². The van der Waals surface area contributed by atoms with Gasteiger partial charge in [-0.2, -0.15) is 0 Å². The normalized spacial score (nSPS) is 21.6. The number of fused-ring (bicyclic) bond motifs is 3. The summed E-state index contributed by atoms with van der Waals surface area (Å²) in [5.74, 6) is 0.772. The van der Waals surface area contributed by atoms with E-state index in [0.717, 1.165) is 23.6 Å². The fourth-order valence-electron chi connectivity index (χ4n) is 3.88. The number of furan rings is 1. The minimum Gasteiger partial charge on any atom is -0.456 e. The molecule has 1 aromatic heterocycles. The molecule has 0 bridgehead atoms. The molecular weight excluding hydrogens is 352 g/mol. The maximum Gasteiger partial charge on any atom is 0.135 e. The highest BCUT2D eigenvalue weighted by Crippen LogP contribution is 2.31. The molecule has 1 unspecified atom stereocenters. The molecular formula is C23H30N2OS. The van der Waals surface area contributed by atoms with Gasteiger partial charge in [0, 0.05) is 34.3 Å². The van der Waals surface area contributed by atoms with E-state index < -0.39 is 0 Å². The fraction of sp³-hybridized carbons (Fsp3) is 0.478. The van der Waals surface area contributed by atoms with Crippen molar-refractivity contribution in [3.63, 3.8) is 0 Å². The smallest absolute Gasteiger partial charge is 0.135 e. The van der Waals surface area contributed by atoms with Crippen molar-refractivity contribution in [2.24, 2.45) is 5.92 Å². The molecule has 4 heteroatoms. The summed E-state index contributed by atoms with van der Waals surface area (Å²) >= 11 is 1.92. The third kappa shape index (κ3) is 4.44. The molecule has 1 fully saturated rings. The highest BCUT2D eigenvalue weighted by atomic mass is 32.2. The lowest BCUT2D eigenvalue weighted by Crippen LogP contribution is -2.31. The van der Waals surface area contributed by atoms with Crippen LogP contribution in [0.4, 0.5) is 5.69 Å². The van der Waals surface area contributed by atoms with Crippen molar-refractivity contribution in [2.45, 2.75) is 57.2 Å². The molecule has 1 aliphatic rings. The summed E-state index contributed by atoms with van der Waals surface area (Å²) < 4.78 is 9.61. The van der Waals surface area contributed by atoms with Crippen molar-refractivity contribution >= 4 is 39.6 Å². The molecule has 2 N–H and O–H groups in total. The summed E-state index contributed by atoms with van der Waals surface area (Å²) in [7, 11) is 0. The quantitative estimate of drug-likeness (QED) is 0.452. The predicted octanol–water partition coefficient (Wildman–Crippen LogP) is 6.59. The maximum absolute atomic E-state index is 5.92. The van der Waals surface area contributed by atoms with Crippen LogP contribution in [0.1, 0.15) is 46.0 Å². The third-order valence-corrected chi connectivity index (χ3v) is 7.03. The van der Waals surface area contributed by atoms with Crippen LogP contribution in [0, 0.1) is 5.92 Å². The van der Waals surface area contributed by atoms with E-state index in [0.29, 0.717) is 11.3 Å². The van der Waals surface area contributed by atoms with Gasteiger partial charge in [-0.3, -0.25) is 4.72 Å². The summed E-state index contributed by atoms with van der Waals surface area (Å²) in [6, 6.07) is 15.4. The van der Waals surface area contributed by atoms with Gasteiger partial charge in [0.05, 0.1) is 0 Å². The number of hydrogen-bond acceptors (Lipinski definition) is 4. The van der Waals surface area contributed by atoms with Crippen LogP contribution in [-0.2, 0) is 0 Å². The van der Waals surface area contributed by atoms with Crippen molar-refractivity contribution in [1.29, 1.82) is 0 Å². The van der Waals surface area contributed by atoms with E-state index in [9.17, 15) is 0 Å². The Morgan fingerprint density at radius 2 is 1.81 bits per heavy atom. The zero-order valence-electron chi connectivity index (χ0n) is 16.3. The van der Waals surface area contributed by atoms with Crippen molar-refractivity contribution in [3.05, 3.63) is 42.5 Å². The van der Waals surface area contributed by atoms with Gasteiger partial charge < -0.3 is 9.73 Å². The van der Waals surface area contributed by atoms with Crippen LogP contribution in [0.2, 0.25) is 0 Å². The first-order chi connectivity index (χ1) is 13.2. The second-order valence-electron chi connectivity index (χ2n) is 7.86. The Morgan fingerprint density at radius 1 is 1.04 bits per heavy atom. The standard InChI is InChI=1S/C23H30N2OS/c1-3-16(2)27-25-18-10-8-17(9-11-18)15-24-19-12-13-23-21(14-19)20-6-4-5-7-22(20)26-23/h4-7,12-14,16-18,24-25H,3,8-11,15H2,1-2H3. The van der Waals surface area contributed by atoms with Gasteiger partial charge in [0.2, 0.25) is 0 Å². The zero-order chi connectivity index (χ0) is 18.6. The Kier molecular flexibility index (Phi) is 5.94. The van der Waals surface area contributed by atoms with Gasteiger partial charge in [0.15, 0.2) is 0 Å². The zero-order valence-corrected chi connectivity index (χ0v) is 17.1. The summed E-state index contributed by atoms with van der Waals surface area (Å²) in [6.07, 6.45) is 6.43. The number of rotatable bonds is 7. The summed E-state index contributed by atoms with van der Waals surface area (Å²) in [5, 5.41) is 6.77. The van der Waals surface area contributed by atoms with E-state index in [1.54, 1.807) is 0 Å². The van der Waals surface area contributed by atoms with E-state index in [1.165, 1.54) is 48.6 Å². The number of nitrogens with one attached hydrogen (secondary N) is 2. The molecule has 3 nitrogen and oxygen atoms in total. The van der Waals surface area contributed by atoms with Crippen molar-refractivity contribution in [2.75, 3.05) is 11.9 Å². The average Bonchev–Trinajstić information content (AvgIpc) is 3.09. The van der Waals surface area contributed by atoms with Crippen LogP contribution in [0.15, 0.2) is 46.9 Å². The predicted molar refractivity (Wildman–Crippen MR) is 118 cm³/mol. The molecule has 3 aromatic rings. The molecule has 1 heterocycles. The molecule has 0 aliphatic heterocycles. The first-order valence-electron chi connectivity index (χ1n) is 10.3. The van der Waals surface area contributed by atoms with E-state index in [-0.39, 0.29) is 0 Å². The van der Waals surface area contributed by atoms with Gasteiger partial charge in [-0.1, -0.05) is 44.0 Å². The van der Waals surface area contributed by atoms with Crippen molar-refractivity contribution < 1.29 is 4.42 Å². The molecule has 1 aliphatic carbocycles. The molecule has 1 saturated carbocycles. The molecule has 0 amide bonds. The second-order valence-corrected chi connectivity index (χ2v) is 9.14. The van der Waals surface area contributed by atoms with Crippen LogP contribution in [0.3, 0.4) is 0 Å². The van der Waals surface area contributed by atoms with Gasteiger partial charge in [-0.15, -0.1) is 0 Å². The van der Waals surface area contributed by atoms with Gasteiger partial charge in [-0.25, -0.2) is 0 Å². The van der Waals surface area contributed by atoms with Crippen LogP contribution in [0.5, 0.6) is 0 Å². The molecule has 0 saturated heterocycles. The highest BCUT2D eigenvalue weighted by Gasteiger charge is 2.21. The van der Waals surface area contributed by atoms with Gasteiger partial charge in [-0.05, 0) is 62.3 Å².